The maximum absolute atomic E-state index is 13.2. The summed E-state index contributed by atoms with van der Waals surface area (Å²) in [6.07, 6.45) is 0.205. The van der Waals surface area contributed by atoms with E-state index in [1.807, 2.05) is 66.7 Å². The fourth-order valence-electron chi connectivity index (χ4n) is 3.99. The van der Waals surface area contributed by atoms with Crippen LogP contribution in [-0.4, -0.2) is 41.2 Å². The minimum atomic E-state index is -1.31. The van der Waals surface area contributed by atoms with Gasteiger partial charge in [0.1, 0.15) is 18.1 Å². The second kappa shape index (κ2) is 8.74. The molecule has 3 aromatic rings. The van der Waals surface area contributed by atoms with Crippen LogP contribution in [0.5, 0.6) is 0 Å². The highest BCUT2D eigenvalue weighted by Crippen LogP contribution is 2.30. The first-order valence-corrected chi connectivity index (χ1v) is 10.5. The fraction of sp³-hybridized carbons (Fsp3) is 0.200. The Labute approximate surface area is 190 Å². The molecular weight excluding hydrogens is 420 g/mol. The summed E-state index contributed by atoms with van der Waals surface area (Å²) in [5, 5.41) is 7.17. The molecule has 2 atom stereocenters. The monoisotopic (exact) mass is 444 g/mol. The van der Waals surface area contributed by atoms with E-state index in [4.69, 9.17) is 5.73 Å². The highest BCUT2D eigenvalue weighted by molar-refractivity contribution is 6.09. The molecule has 4 N–H and O–H groups in total. The Hall–Kier alpha value is -4.20. The molecule has 8 nitrogen and oxygen atoms in total. The van der Waals surface area contributed by atoms with Crippen LogP contribution in [0.1, 0.15) is 18.1 Å². The van der Waals surface area contributed by atoms with E-state index in [9.17, 15) is 19.2 Å². The van der Waals surface area contributed by atoms with Crippen LogP contribution >= 0.6 is 0 Å². The van der Waals surface area contributed by atoms with E-state index in [1.165, 1.54) is 0 Å². The van der Waals surface area contributed by atoms with Gasteiger partial charge in [-0.25, -0.2) is 4.79 Å². The molecule has 0 radical (unpaired) electrons. The summed E-state index contributed by atoms with van der Waals surface area (Å²) in [6, 6.07) is 20.7. The number of primary amides is 1. The largest absolute Gasteiger partial charge is 0.368 e. The van der Waals surface area contributed by atoms with Crippen molar-refractivity contribution in [2.75, 3.05) is 6.54 Å². The number of carbonyl (C=O) groups is 4. The molecule has 33 heavy (non-hydrogen) atoms. The Morgan fingerprint density at radius 2 is 1.67 bits per heavy atom. The van der Waals surface area contributed by atoms with Gasteiger partial charge in [-0.2, -0.15) is 0 Å². The Morgan fingerprint density at radius 1 is 1.00 bits per heavy atom. The third-order valence-corrected chi connectivity index (χ3v) is 5.86. The van der Waals surface area contributed by atoms with Crippen LogP contribution in [0.2, 0.25) is 0 Å². The zero-order chi connectivity index (χ0) is 23.6. The van der Waals surface area contributed by atoms with E-state index in [0.29, 0.717) is 5.56 Å². The molecule has 1 saturated heterocycles. The number of carbonyl (C=O) groups excluding carboxylic acids is 4. The number of nitrogens with two attached hydrogens (primary N) is 1. The van der Waals surface area contributed by atoms with Gasteiger partial charge in [0.15, 0.2) is 0 Å². The van der Waals surface area contributed by atoms with E-state index in [-0.39, 0.29) is 6.42 Å². The van der Waals surface area contributed by atoms with Crippen LogP contribution in [0.3, 0.4) is 0 Å². The summed E-state index contributed by atoms with van der Waals surface area (Å²) in [6.45, 7) is 1.09. The summed E-state index contributed by atoms with van der Waals surface area (Å²) >= 11 is 0. The van der Waals surface area contributed by atoms with Crippen LogP contribution in [0.25, 0.3) is 10.8 Å². The van der Waals surface area contributed by atoms with Gasteiger partial charge in [0, 0.05) is 6.42 Å². The normalized spacial score (nSPS) is 18.8. The molecule has 168 valence electrons. The molecule has 0 aliphatic carbocycles. The molecule has 1 aliphatic heterocycles. The Kier molecular flexibility index (Phi) is 5.83. The van der Waals surface area contributed by atoms with Crippen molar-refractivity contribution in [1.29, 1.82) is 0 Å². The number of urea groups is 1. The number of hydrogen-bond acceptors (Lipinski definition) is 4. The van der Waals surface area contributed by atoms with E-state index in [0.717, 1.165) is 21.2 Å². The number of benzene rings is 3. The van der Waals surface area contributed by atoms with Gasteiger partial charge in [-0.05, 0) is 34.9 Å². The molecule has 0 bridgehead atoms. The number of fused-ring (bicyclic) bond motifs is 1. The highest BCUT2D eigenvalue weighted by Gasteiger charge is 2.49. The van der Waals surface area contributed by atoms with Gasteiger partial charge in [-0.15, -0.1) is 0 Å². The number of hydrogen-bond donors (Lipinski definition) is 3. The zero-order valence-electron chi connectivity index (χ0n) is 18.1. The average Bonchev–Trinajstić information content (AvgIpc) is 3.02. The van der Waals surface area contributed by atoms with Crippen LogP contribution in [0, 0.1) is 0 Å². The molecule has 4 rings (SSSR count). The van der Waals surface area contributed by atoms with E-state index in [1.54, 1.807) is 13.0 Å². The molecular formula is C25H24N4O4. The first kappa shape index (κ1) is 22.0. The van der Waals surface area contributed by atoms with E-state index in [2.05, 4.69) is 10.6 Å². The zero-order valence-corrected chi connectivity index (χ0v) is 18.1. The number of rotatable bonds is 7. The van der Waals surface area contributed by atoms with Crippen molar-refractivity contribution >= 4 is 34.5 Å². The van der Waals surface area contributed by atoms with Gasteiger partial charge in [-0.1, -0.05) is 66.7 Å². The molecule has 8 heteroatoms. The van der Waals surface area contributed by atoms with Crippen LogP contribution in [-0.2, 0) is 26.3 Å². The third kappa shape index (κ3) is 4.41. The van der Waals surface area contributed by atoms with Crippen molar-refractivity contribution in [3.8, 4) is 0 Å². The highest BCUT2D eigenvalue weighted by atomic mass is 16.2. The standard InChI is InChI=1S/C25H24N4O4/c1-25(19-12-11-17-9-5-6-10-18(17)14-19)23(32)29(24(33)28-25)15-21(30)27-20(22(26)31)13-16-7-3-2-4-8-16/h2-12,14,20H,13,15H2,1H3,(H2,26,31)(H,27,30)(H,28,33)/t20-,25-/m0/s1. The summed E-state index contributed by atoms with van der Waals surface area (Å²) in [5.74, 6) is -1.90. The molecule has 0 unspecified atom stereocenters. The Bertz CT molecular complexity index is 1240. The van der Waals surface area contributed by atoms with Crippen molar-refractivity contribution in [2.45, 2.75) is 24.9 Å². The SMILES string of the molecule is C[C@@]1(c2ccc3ccccc3c2)NC(=O)N(CC(=O)N[C@@H](Cc2ccccc2)C(N)=O)C1=O. The van der Waals surface area contributed by atoms with E-state index < -0.39 is 41.9 Å². The molecule has 0 aromatic heterocycles. The van der Waals surface area contributed by atoms with Gasteiger partial charge in [-0.3, -0.25) is 19.3 Å². The van der Waals surface area contributed by atoms with Crippen molar-refractivity contribution < 1.29 is 19.2 Å². The minimum Gasteiger partial charge on any atom is -0.368 e. The molecule has 0 saturated carbocycles. The predicted molar refractivity (Wildman–Crippen MR) is 123 cm³/mol. The fourth-order valence-corrected chi connectivity index (χ4v) is 3.99. The maximum Gasteiger partial charge on any atom is 0.325 e. The maximum atomic E-state index is 13.2. The first-order chi connectivity index (χ1) is 15.8. The summed E-state index contributed by atoms with van der Waals surface area (Å²) in [4.78, 5) is 51.1. The smallest absolute Gasteiger partial charge is 0.325 e. The summed E-state index contributed by atoms with van der Waals surface area (Å²) in [7, 11) is 0. The lowest BCUT2D eigenvalue weighted by molar-refractivity contribution is -0.135. The van der Waals surface area contributed by atoms with Crippen molar-refractivity contribution in [3.63, 3.8) is 0 Å². The predicted octanol–water partition coefficient (Wildman–Crippen LogP) is 1.82. The van der Waals surface area contributed by atoms with Crippen LogP contribution in [0.15, 0.2) is 72.8 Å². The third-order valence-electron chi connectivity index (χ3n) is 5.86. The molecule has 0 spiro atoms. The lowest BCUT2D eigenvalue weighted by Gasteiger charge is -2.23. The first-order valence-electron chi connectivity index (χ1n) is 10.5. The van der Waals surface area contributed by atoms with Gasteiger partial charge in [0.2, 0.25) is 11.8 Å². The van der Waals surface area contributed by atoms with Crippen LogP contribution in [0.4, 0.5) is 4.79 Å². The second-order valence-corrected chi connectivity index (χ2v) is 8.22. The van der Waals surface area contributed by atoms with Gasteiger partial charge in [0.25, 0.3) is 5.91 Å². The van der Waals surface area contributed by atoms with Gasteiger partial charge in [0.05, 0.1) is 0 Å². The second-order valence-electron chi connectivity index (χ2n) is 8.22. The number of imide groups is 1. The van der Waals surface area contributed by atoms with E-state index >= 15 is 0 Å². The average molecular weight is 444 g/mol. The summed E-state index contributed by atoms with van der Waals surface area (Å²) in [5.41, 5.74) is 5.57. The molecule has 3 aromatic carbocycles. The molecule has 1 heterocycles. The minimum absolute atomic E-state index is 0.205. The topological polar surface area (TPSA) is 122 Å². The summed E-state index contributed by atoms with van der Waals surface area (Å²) < 4.78 is 0. The molecule has 1 fully saturated rings. The molecule has 1 aliphatic rings. The number of nitrogens with one attached hydrogen (secondary N) is 2. The number of amides is 5. The van der Waals surface area contributed by atoms with Crippen molar-refractivity contribution in [1.82, 2.24) is 15.5 Å². The Morgan fingerprint density at radius 3 is 2.36 bits per heavy atom. The quantitative estimate of drug-likeness (QED) is 0.481. The van der Waals surface area contributed by atoms with Crippen molar-refractivity contribution in [3.05, 3.63) is 83.9 Å². The lowest BCUT2D eigenvalue weighted by atomic mass is 9.90. The van der Waals surface area contributed by atoms with Gasteiger partial charge >= 0.3 is 6.03 Å². The van der Waals surface area contributed by atoms with Crippen LogP contribution < -0.4 is 16.4 Å². The van der Waals surface area contributed by atoms with Gasteiger partial charge < -0.3 is 16.4 Å². The molecule has 5 amide bonds. The Balaban J connectivity index is 1.48. The lowest BCUT2D eigenvalue weighted by Crippen LogP contribution is -2.50. The van der Waals surface area contributed by atoms with Crippen molar-refractivity contribution in [2.24, 2.45) is 5.73 Å². The number of nitrogens with zero attached hydrogens (tertiary/aromatic N) is 1.